The molecule has 7 heteroatoms. The summed E-state index contributed by atoms with van der Waals surface area (Å²) < 4.78 is 0. The minimum absolute atomic E-state index is 0.0203. The first kappa shape index (κ1) is 22.1. The standard InChI is InChI=1S/C19H33N5O2/c1-6-21-19(26)17(13(2)3)24-18(25)14(4)23-12-16(20-5)11-15-9-7-8-10-22-15/h7-10,13-14,16-17,20,23H,6,11-12H2,1-5H3,(H,21,26)(H,24,25)/t14-,16-,17-/m0/s1. The molecular formula is C19H33N5O2. The van der Waals surface area contributed by atoms with Gasteiger partial charge in [-0.1, -0.05) is 19.9 Å². The Morgan fingerprint density at radius 3 is 2.42 bits per heavy atom. The van der Waals surface area contributed by atoms with Gasteiger partial charge in [0.1, 0.15) is 6.04 Å². The molecule has 1 aromatic heterocycles. The van der Waals surface area contributed by atoms with Gasteiger partial charge in [-0.25, -0.2) is 0 Å². The summed E-state index contributed by atoms with van der Waals surface area (Å²) in [5.41, 5.74) is 1.00. The molecule has 0 unspecified atom stereocenters. The Hall–Kier alpha value is -1.99. The largest absolute Gasteiger partial charge is 0.355 e. The zero-order valence-corrected chi connectivity index (χ0v) is 16.5. The van der Waals surface area contributed by atoms with Crippen molar-refractivity contribution < 1.29 is 9.59 Å². The van der Waals surface area contributed by atoms with Crippen molar-refractivity contribution in [2.24, 2.45) is 5.92 Å². The fourth-order valence-electron chi connectivity index (χ4n) is 2.56. The molecule has 1 aromatic rings. The highest BCUT2D eigenvalue weighted by molar-refractivity contribution is 5.89. The summed E-state index contributed by atoms with van der Waals surface area (Å²) in [4.78, 5) is 28.9. The van der Waals surface area contributed by atoms with E-state index in [1.165, 1.54) is 0 Å². The van der Waals surface area contributed by atoms with Gasteiger partial charge in [0, 0.05) is 37.4 Å². The number of carbonyl (C=O) groups excluding carboxylic acids is 2. The van der Waals surface area contributed by atoms with Gasteiger partial charge in [0.05, 0.1) is 6.04 Å². The van der Waals surface area contributed by atoms with Crippen LogP contribution in [-0.2, 0) is 16.0 Å². The van der Waals surface area contributed by atoms with Gasteiger partial charge >= 0.3 is 0 Å². The highest BCUT2D eigenvalue weighted by Gasteiger charge is 2.25. The monoisotopic (exact) mass is 363 g/mol. The number of nitrogens with one attached hydrogen (secondary N) is 4. The van der Waals surface area contributed by atoms with E-state index in [-0.39, 0.29) is 23.8 Å². The molecule has 0 fully saturated rings. The molecule has 26 heavy (non-hydrogen) atoms. The van der Waals surface area contributed by atoms with Crippen molar-refractivity contribution in [2.45, 2.75) is 52.2 Å². The number of nitrogens with zero attached hydrogens (tertiary/aromatic N) is 1. The van der Waals surface area contributed by atoms with Crippen LogP contribution < -0.4 is 21.3 Å². The first-order valence-corrected chi connectivity index (χ1v) is 9.27. The molecule has 0 aromatic carbocycles. The summed E-state index contributed by atoms with van der Waals surface area (Å²) in [5, 5.41) is 12.1. The van der Waals surface area contributed by atoms with E-state index in [1.807, 2.05) is 46.0 Å². The third-order valence-corrected chi connectivity index (χ3v) is 4.25. The van der Waals surface area contributed by atoms with Crippen LogP contribution in [0.5, 0.6) is 0 Å². The first-order chi connectivity index (χ1) is 12.4. The highest BCUT2D eigenvalue weighted by atomic mass is 16.2. The third-order valence-electron chi connectivity index (χ3n) is 4.25. The quantitative estimate of drug-likeness (QED) is 0.458. The van der Waals surface area contributed by atoms with Gasteiger partial charge in [-0.15, -0.1) is 0 Å². The van der Waals surface area contributed by atoms with Crippen LogP contribution in [-0.4, -0.2) is 55.1 Å². The molecule has 7 nitrogen and oxygen atoms in total. The number of hydrogen-bond donors (Lipinski definition) is 4. The lowest BCUT2D eigenvalue weighted by Crippen LogP contribution is -2.55. The minimum atomic E-state index is -0.527. The number of likely N-dealkylation sites (N-methyl/N-ethyl adjacent to an activating group) is 2. The second-order valence-corrected chi connectivity index (χ2v) is 6.77. The van der Waals surface area contributed by atoms with Crippen molar-refractivity contribution in [1.29, 1.82) is 0 Å². The van der Waals surface area contributed by atoms with Gasteiger partial charge < -0.3 is 21.3 Å². The zero-order chi connectivity index (χ0) is 19.5. The number of carbonyl (C=O) groups is 2. The van der Waals surface area contributed by atoms with Crippen LogP contribution in [0.3, 0.4) is 0 Å². The predicted octanol–water partition coefficient (Wildman–Crippen LogP) is 0.467. The van der Waals surface area contributed by atoms with Crippen LogP contribution in [0.25, 0.3) is 0 Å². The maximum atomic E-state index is 12.4. The van der Waals surface area contributed by atoms with Crippen LogP contribution in [0.1, 0.15) is 33.4 Å². The molecule has 0 radical (unpaired) electrons. The van der Waals surface area contributed by atoms with Crippen LogP contribution in [0.15, 0.2) is 24.4 Å². The lowest BCUT2D eigenvalue weighted by molar-refractivity contribution is -0.130. The normalized spacial score (nSPS) is 14.5. The average Bonchev–Trinajstić information content (AvgIpc) is 2.63. The SMILES string of the molecule is CCNC(=O)[C@@H](NC(=O)[C@H](C)NC[C@H](Cc1ccccn1)NC)C(C)C. The smallest absolute Gasteiger partial charge is 0.242 e. The zero-order valence-electron chi connectivity index (χ0n) is 16.5. The summed E-state index contributed by atoms with van der Waals surface area (Å²) in [6.45, 7) is 8.67. The Kier molecular flexibility index (Phi) is 9.83. The fraction of sp³-hybridized carbons (Fsp3) is 0.632. The lowest BCUT2D eigenvalue weighted by Gasteiger charge is -2.25. The molecule has 3 atom stereocenters. The van der Waals surface area contributed by atoms with E-state index in [4.69, 9.17) is 0 Å². The maximum Gasteiger partial charge on any atom is 0.242 e. The molecule has 0 aliphatic rings. The predicted molar refractivity (Wildman–Crippen MR) is 104 cm³/mol. The summed E-state index contributed by atoms with van der Waals surface area (Å²) >= 11 is 0. The van der Waals surface area contributed by atoms with E-state index in [0.717, 1.165) is 12.1 Å². The molecule has 0 aliphatic carbocycles. The molecule has 1 rings (SSSR count). The Morgan fingerprint density at radius 1 is 1.15 bits per heavy atom. The summed E-state index contributed by atoms with van der Waals surface area (Å²) in [7, 11) is 1.89. The van der Waals surface area contributed by atoms with Crippen molar-refractivity contribution in [3.63, 3.8) is 0 Å². The molecule has 0 spiro atoms. The van der Waals surface area contributed by atoms with Crippen molar-refractivity contribution in [3.05, 3.63) is 30.1 Å². The van der Waals surface area contributed by atoms with Gasteiger partial charge in [0.25, 0.3) is 0 Å². The van der Waals surface area contributed by atoms with E-state index in [2.05, 4.69) is 26.3 Å². The number of rotatable bonds is 11. The van der Waals surface area contributed by atoms with Gasteiger partial charge in [-0.3, -0.25) is 14.6 Å². The lowest BCUT2D eigenvalue weighted by atomic mass is 10.0. The van der Waals surface area contributed by atoms with Gasteiger partial charge in [-0.2, -0.15) is 0 Å². The molecule has 4 N–H and O–H groups in total. The van der Waals surface area contributed by atoms with E-state index < -0.39 is 12.1 Å². The Morgan fingerprint density at radius 2 is 1.88 bits per heavy atom. The first-order valence-electron chi connectivity index (χ1n) is 9.27. The van der Waals surface area contributed by atoms with E-state index in [9.17, 15) is 9.59 Å². The average molecular weight is 364 g/mol. The molecule has 2 amide bonds. The molecular weight excluding hydrogens is 330 g/mol. The molecule has 146 valence electrons. The number of hydrogen-bond acceptors (Lipinski definition) is 5. The van der Waals surface area contributed by atoms with Gasteiger partial charge in [-0.05, 0) is 38.9 Å². The number of aromatic nitrogens is 1. The molecule has 0 aliphatic heterocycles. The highest BCUT2D eigenvalue weighted by Crippen LogP contribution is 2.03. The fourth-order valence-corrected chi connectivity index (χ4v) is 2.56. The molecule has 1 heterocycles. The van der Waals surface area contributed by atoms with Crippen molar-refractivity contribution in [2.75, 3.05) is 20.1 Å². The van der Waals surface area contributed by atoms with Crippen molar-refractivity contribution in [1.82, 2.24) is 26.3 Å². The van der Waals surface area contributed by atoms with Crippen molar-refractivity contribution >= 4 is 11.8 Å². The second kappa shape index (κ2) is 11.6. The Labute approximate surface area is 156 Å². The van der Waals surface area contributed by atoms with E-state index >= 15 is 0 Å². The van der Waals surface area contributed by atoms with Crippen molar-refractivity contribution in [3.8, 4) is 0 Å². The second-order valence-electron chi connectivity index (χ2n) is 6.77. The van der Waals surface area contributed by atoms with Crippen LogP contribution in [0, 0.1) is 5.92 Å². The van der Waals surface area contributed by atoms with E-state index in [0.29, 0.717) is 13.1 Å². The minimum Gasteiger partial charge on any atom is -0.355 e. The third kappa shape index (κ3) is 7.49. The number of pyridine rings is 1. The van der Waals surface area contributed by atoms with Gasteiger partial charge in [0.15, 0.2) is 0 Å². The maximum absolute atomic E-state index is 12.4. The van der Waals surface area contributed by atoms with Crippen LogP contribution in [0.4, 0.5) is 0 Å². The summed E-state index contributed by atoms with van der Waals surface area (Å²) in [6.07, 6.45) is 2.55. The molecule has 0 saturated heterocycles. The molecule has 0 saturated carbocycles. The summed E-state index contributed by atoms with van der Waals surface area (Å²) in [6, 6.07) is 5.07. The Balaban J connectivity index is 2.52. The Bertz CT molecular complexity index is 550. The van der Waals surface area contributed by atoms with Gasteiger partial charge in [0.2, 0.25) is 11.8 Å². The number of amides is 2. The van der Waals surface area contributed by atoms with Crippen LogP contribution in [0.2, 0.25) is 0 Å². The topological polar surface area (TPSA) is 95.2 Å². The van der Waals surface area contributed by atoms with E-state index in [1.54, 1.807) is 13.1 Å². The summed E-state index contributed by atoms with van der Waals surface area (Å²) in [5.74, 6) is -0.305. The van der Waals surface area contributed by atoms with Crippen LogP contribution >= 0.6 is 0 Å². The molecule has 0 bridgehead atoms.